The minimum absolute atomic E-state index is 0.0497. The predicted molar refractivity (Wildman–Crippen MR) is 80.9 cm³/mol. The van der Waals surface area contributed by atoms with Crippen molar-refractivity contribution < 1.29 is 18.0 Å². The first kappa shape index (κ1) is 14.6. The summed E-state index contributed by atoms with van der Waals surface area (Å²) < 4.78 is 40.5. The first-order valence-electron chi connectivity index (χ1n) is 6.87. The number of benzene rings is 3. The van der Waals surface area contributed by atoms with Gasteiger partial charge in [0.15, 0.2) is 0 Å². The quantitative estimate of drug-likeness (QED) is 0.593. The number of hydrogen-bond acceptors (Lipinski definition) is 1. The van der Waals surface area contributed by atoms with Gasteiger partial charge in [-0.05, 0) is 40.1 Å². The molecule has 0 saturated heterocycles. The van der Waals surface area contributed by atoms with Crippen LogP contribution >= 0.6 is 0 Å². The van der Waals surface area contributed by atoms with Crippen LogP contribution in [0.1, 0.15) is 18.4 Å². The van der Waals surface area contributed by atoms with Crippen molar-refractivity contribution in [1.82, 2.24) is 0 Å². The Morgan fingerprint density at radius 2 is 1.36 bits per heavy atom. The van der Waals surface area contributed by atoms with Crippen LogP contribution in [0.5, 0.6) is 0 Å². The van der Waals surface area contributed by atoms with Crippen LogP contribution in [0.2, 0.25) is 0 Å². The highest BCUT2D eigenvalue weighted by Crippen LogP contribution is 2.42. The van der Waals surface area contributed by atoms with Gasteiger partial charge in [0.1, 0.15) is 11.7 Å². The third-order valence-corrected chi connectivity index (χ3v) is 3.84. The average molecular weight is 302 g/mol. The molecule has 22 heavy (non-hydrogen) atoms. The maximum atomic E-state index is 13.5. The summed E-state index contributed by atoms with van der Waals surface area (Å²) in [5.41, 5.74) is 0.0497. The molecule has 1 nitrogen and oxygen atoms in total. The first-order valence-corrected chi connectivity index (χ1v) is 6.87. The third kappa shape index (κ3) is 2.34. The lowest BCUT2D eigenvalue weighted by Gasteiger charge is -2.22. The number of carbonyl (C=O) groups excluding carboxylic acids is 1. The van der Waals surface area contributed by atoms with E-state index in [0.717, 1.165) is 6.92 Å². The van der Waals surface area contributed by atoms with Gasteiger partial charge in [-0.3, -0.25) is 4.79 Å². The summed E-state index contributed by atoms with van der Waals surface area (Å²) in [4.78, 5) is 11.8. The van der Waals surface area contributed by atoms with Crippen molar-refractivity contribution in [2.24, 2.45) is 0 Å². The Hall–Kier alpha value is -2.36. The summed E-state index contributed by atoms with van der Waals surface area (Å²) in [5, 5.41) is 2.34. The second-order valence-corrected chi connectivity index (χ2v) is 5.32. The van der Waals surface area contributed by atoms with Gasteiger partial charge in [0, 0.05) is 0 Å². The minimum atomic E-state index is -4.61. The highest BCUT2D eigenvalue weighted by Gasteiger charge is 2.45. The van der Waals surface area contributed by atoms with E-state index in [1.54, 1.807) is 48.5 Å². The summed E-state index contributed by atoms with van der Waals surface area (Å²) in [6, 6.07) is 15.6. The average Bonchev–Trinajstić information content (AvgIpc) is 2.45. The number of hydrogen-bond donors (Lipinski definition) is 0. The summed E-state index contributed by atoms with van der Waals surface area (Å²) in [6.07, 6.45) is -4.61. The van der Waals surface area contributed by atoms with Gasteiger partial charge in [0.2, 0.25) is 0 Å². The molecule has 0 saturated carbocycles. The lowest BCUT2D eigenvalue weighted by Crippen LogP contribution is -2.27. The molecule has 3 rings (SSSR count). The summed E-state index contributed by atoms with van der Waals surface area (Å²) in [6.45, 7) is 0.995. The number of halogens is 3. The Labute approximate surface area is 125 Å². The van der Waals surface area contributed by atoms with E-state index in [1.165, 1.54) is 0 Å². The maximum Gasteiger partial charge on any atom is 0.402 e. The third-order valence-electron chi connectivity index (χ3n) is 3.84. The number of alkyl halides is 3. The molecule has 0 bridgehead atoms. The molecule has 0 radical (unpaired) electrons. The van der Waals surface area contributed by atoms with E-state index in [9.17, 15) is 18.0 Å². The molecule has 0 aliphatic carbocycles. The highest BCUT2D eigenvalue weighted by atomic mass is 19.4. The topological polar surface area (TPSA) is 17.1 Å². The van der Waals surface area contributed by atoms with Gasteiger partial charge in [0.05, 0.1) is 0 Å². The standard InChI is InChI=1S/C18H13F3O/c1-11(22)17(18(19,20)21)16-14-8-4-2-6-12(14)10-13-7-3-5-9-15(13)16/h2-10,17H,1H3. The zero-order valence-corrected chi connectivity index (χ0v) is 11.8. The van der Waals surface area contributed by atoms with Crippen LogP contribution in [0.3, 0.4) is 0 Å². The van der Waals surface area contributed by atoms with E-state index in [-0.39, 0.29) is 5.56 Å². The van der Waals surface area contributed by atoms with Crippen LogP contribution in [-0.2, 0) is 4.79 Å². The zero-order chi connectivity index (χ0) is 15.9. The molecule has 112 valence electrons. The van der Waals surface area contributed by atoms with E-state index in [4.69, 9.17) is 0 Å². The van der Waals surface area contributed by atoms with Crippen molar-refractivity contribution >= 4 is 27.3 Å². The summed E-state index contributed by atoms with van der Waals surface area (Å²) >= 11 is 0. The van der Waals surface area contributed by atoms with Crippen LogP contribution in [-0.4, -0.2) is 12.0 Å². The molecule has 0 N–H and O–H groups in total. The SMILES string of the molecule is CC(=O)C(c1c2ccccc2cc2ccccc12)C(F)(F)F. The lowest BCUT2D eigenvalue weighted by molar-refractivity contribution is -0.161. The first-order chi connectivity index (χ1) is 10.4. The fraction of sp³-hybridized carbons (Fsp3) is 0.167. The minimum Gasteiger partial charge on any atom is -0.299 e. The molecule has 4 heteroatoms. The Morgan fingerprint density at radius 1 is 0.909 bits per heavy atom. The van der Waals surface area contributed by atoms with E-state index < -0.39 is 17.9 Å². The fourth-order valence-corrected chi connectivity index (χ4v) is 2.96. The van der Waals surface area contributed by atoms with Crippen molar-refractivity contribution in [3.63, 3.8) is 0 Å². The number of carbonyl (C=O) groups is 1. The molecular weight excluding hydrogens is 289 g/mol. The molecule has 0 aliphatic rings. The molecule has 3 aromatic rings. The molecular formula is C18H13F3O. The number of rotatable bonds is 2. The van der Waals surface area contributed by atoms with Gasteiger partial charge in [-0.15, -0.1) is 0 Å². The molecule has 0 heterocycles. The molecule has 0 fully saturated rings. The Bertz CT molecular complexity index is 811. The Morgan fingerprint density at radius 3 is 1.77 bits per heavy atom. The molecule has 0 aliphatic heterocycles. The van der Waals surface area contributed by atoms with Crippen LogP contribution in [0.4, 0.5) is 13.2 Å². The van der Waals surface area contributed by atoms with Gasteiger partial charge < -0.3 is 0 Å². The van der Waals surface area contributed by atoms with Crippen molar-refractivity contribution in [3.8, 4) is 0 Å². The number of fused-ring (bicyclic) bond motifs is 2. The van der Waals surface area contributed by atoms with Crippen LogP contribution < -0.4 is 0 Å². The van der Waals surface area contributed by atoms with Gasteiger partial charge in [-0.25, -0.2) is 0 Å². The lowest BCUT2D eigenvalue weighted by atomic mass is 9.86. The van der Waals surface area contributed by atoms with Crippen LogP contribution in [0.15, 0.2) is 54.6 Å². The van der Waals surface area contributed by atoms with Crippen LogP contribution in [0, 0.1) is 0 Å². The van der Waals surface area contributed by atoms with E-state index in [1.807, 2.05) is 6.07 Å². The summed E-state index contributed by atoms with van der Waals surface area (Å²) in [7, 11) is 0. The van der Waals surface area contributed by atoms with Crippen molar-refractivity contribution in [1.29, 1.82) is 0 Å². The second kappa shape index (κ2) is 5.13. The molecule has 0 aromatic heterocycles. The second-order valence-electron chi connectivity index (χ2n) is 5.32. The normalized spacial score (nSPS) is 13.5. The van der Waals surface area contributed by atoms with Crippen molar-refractivity contribution in [2.75, 3.05) is 0 Å². The largest absolute Gasteiger partial charge is 0.402 e. The van der Waals surface area contributed by atoms with Crippen molar-refractivity contribution in [2.45, 2.75) is 19.0 Å². The van der Waals surface area contributed by atoms with Crippen LogP contribution in [0.25, 0.3) is 21.5 Å². The monoisotopic (exact) mass is 302 g/mol. The smallest absolute Gasteiger partial charge is 0.299 e. The number of Topliss-reactive ketones (excluding diaryl/α,β-unsaturated/α-hetero) is 1. The van der Waals surface area contributed by atoms with Gasteiger partial charge in [0.25, 0.3) is 0 Å². The molecule has 1 unspecified atom stereocenters. The number of ketones is 1. The molecule has 0 spiro atoms. The summed E-state index contributed by atoms with van der Waals surface area (Å²) in [5.74, 6) is -3.00. The van der Waals surface area contributed by atoms with Gasteiger partial charge in [-0.2, -0.15) is 13.2 Å². The maximum absolute atomic E-state index is 13.5. The zero-order valence-electron chi connectivity index (χ0n) is 11.8. The Balaban J connectivity index is 2.49. The molecule has 0 amide bonds. The fourth-order valence-electron chi connectivity index (χ4n) is 2.96. The van der Waals surface area contributed by atoms with Gasteiger partial charge in [-0.1, -0.05) is 48.5 Å². The van der Waals surface area contributed by atoms with E-state index in [0.29, 0.717) is 21.5 Å². The Kier molecular flexibility index (Phi) is 3.39. The predicted octanol–water partition coefficient (Wildman–Crippen LogP) is 5.23. The molecule has 1 atom stereocenters. The molecule has 3 aromatic carbocycles. The van der Waals surface area contributed by atoms with Gasteiger partial charge >= 0.3 is 6.18 Å². The van der Waals surface area contributed by atoms with Crippen molar-refractivity contribution in [3.05, 3.63) is 60.2 Å². The highest BCUT2D eigenvalue weighted by molar-refractivity contribution is 6.06. The van der Waals surface area contributed by atoms with E-state index >= 15 is 0 Å². The van der Waals surface area contributed by atoms with E-state index in [2.05, 4.69) is 0 Å².